The van der Waals surface area contributed by atoms with Crippen LogP contribution in [0.15, 0.2) is 60.7 Å². The van der Waals surface area contributed by atoms with Gasteiger partial charge in [0.15, 0.2) is 6.61 Å². The third-order valence-electron chi connectivity index (χ3n) is 3.37. The number of nitrogens with one attached hydrogen (secondary N) is 1. The second-order valence-corrected chi connectivity index (χ2v) is 5.10. The van der Waals surface area contributed by atoms with Gasteiger partial charge >= 0.3 is 6.18 Å². The topological polar surface area (TPSA) is 58.6 Å². The fraction of sp³-hybridized carbons (Fsp3) is 0.235. The number of carbonyl (C=O) groups is 1. The molecule has 0 aromatic heterocycles. The number of aliphatic hydroxyl groups is 1. The number of ether oxygens (including phenoxy) is 1. The SMILES string of the molecule is O=C(COc1ccccc1)NC[C@](O)(c1ccccc1)C(F)(F)F. The highest BCUT2D eigenvalue weighted by molar-refractivity contribution is 5.77. The smallest absolute Gasteiger partial charge is 0.423 e. The molecule has 0 aliphatic rings. The first kappa shape index (κ1) is 17.8. The highest BCUT2D eigenvalue weighted by Gasteiger charge is 2.55. The average molecular weight is 339 g/mol. The minimum Gasteiger partial charge on any atom is -0.484 e. The molecule has 0 bridgehead atoms. The van der Waals surface area contributed by atoms with Gasteiger partial charge in [0.2, 0.25) is 5.60 Å². The average Bonchev–Trinajstić information content (AvgIpc) is 2.58. The van der Waals surface area contributed by atoms with Crippen LogP contribution in [0.5, 0.6) is 5.75 Å². The summed E-state index contributed by atoms with van der Waals surface area (Å²) in [6.07, 6.45) is -4.94. The summed E-state index contributed by atoms with van der Waals surface area (Å²) in [5, 5.41) is 12.1. The maximum absolute atomic E-state index is 13.3. The van der Waals surface area contributed by atoms with Gasteiger partial charge in [-0.25, -0.2) is 0 Å². The van der Waals surface area contributed by atoms with E-state index in [1.165, 1.54) is 18.2 Å². The standard InChI is InChI=1S/C17H16F3NO3/c18-17(19,20)16(23,13-7-3-1-4-8-13)12-21-15(22)11-24-14-9-5-2-6-10-14/h1-10,23H,11-12H2,(H,21,22)/t16-/m0/s1. The Morgan fingerprint density at radius 3 is 2.08 bits per heavy atom. The summed E-state index contributed by atoms with van der Waals surface area (Å²) >= 11 is 0. The van der Waals surface area contributed by atoms with Crippen molar-refractivity contribution in [1.29, 1.82) is 0 Å². The molecule has 0 saturated heterocycles. The van der Waals surface area contributed by atoms with Gasteiger partial charge < -0.3 is 15.2 Å². The number of para-hydroxylation sites is 1. The Morgan fingerprint density at radius 1 is 1.00 bits per heavy atom. The molecule has 0 unspecified atom stereocenters. The van der Waals surface area contributed by atoms with Crippen LogP contribution >= 0.6 is 0 Å². The van der Waals surface area contributed by atoms with E-state index in [0.29, 0.717) is 5.75 Å². The third kappa shape index (κ3) is 4.26. The molecule has 0 heterocycles. The van der Waals surface area contributed by atoms with Crippen molar-refractivity contribution in [2.45, 2.75) is 11.8 Å². The van der Waals surface area contributed by atoms with Crippen LogP contribution in [0.3, 0.4) is 0 Å². The molecule has 0 saturated carbocycles. The summed E-state index contributed by atoms with van der Waals surface area (Å²) in [7, 11) is 0. The van der Waals surface area contributed by atoms with Crippen LogP contribution in [0.25, 0.3) is 0 Å². The lowest BCUT2D eigenvalue weighted by molar-refractivity contribution is -0.264. The zero-order valence-corrected chi connectivity index (χ0v) is 12.6. The van der Waals surface area contributed by atoms with Crippen LogP contribution in [-0.2, 0) is 10.4 Å². The summed E-state index contributed by atoms with van der Waals surface area (Å²) in [5.41, 5.74) is -3.52. The summed E-state index contributed by atoms with van der Waals surface area (Å²) in [6.45, 7) is -1.45. The predicted octanol–water partition coefficient (Wildman–Crippen LogP) is 2.63. The molecule has 0 radical (unpaired) electrons. The number of benzene rings is 2. The summed E-state index contributed by atoms with van der Waals surface area (Å²) < 4.78 is 44.9. The van der Waals surface area contributed by atoms with Crippen LogP contribution in [0.2, 0.25) is 0 Å². The van der Waals surface area contributed by atoms with E-state index in [4.69, 9.17) is 4.74 Å². The number of alkyl halides is 3. The molecule has 2 aromatic rings. The van der Waals surface area contributed by atoms with Crippen molar-refractivity contribution >= 4 is 5.91 Å². The van der Waals surface area contributed by atoms with Gasteiger partial charge in [0.05, 0.1) is 6.54 Å². The maximum Gasteiger partial charge on any atom is 0.423 e. The van der Waals surface area contributed by atoms with Gasteiger partial charge in [-0.2, -0.15) is 13.2 Å². The quantitative estimate of drug-likeness (QED) is 0.851. The van der Waals surface area contributed by atoms with Crippen molar-refractivity contribution in [2.75, 3.05) is 13.2 Å². The molecule has 2 rings (SSSR count). The fourth-order valence-electron chi connectivity index (χ4n) is 2.02. The van der Waals surface area contributed by atoms with E-state index in [0.717, 1.165) is 12.1 Å². The Labute approximate surface area is 136 Å². The number of hydrogen-bond donors (Lipinski definition) is 2. The molecule has 128 valence electrons. The van der Waals surface area contributed by atoms with E-state index in [1.54, 1.807) is 30.3 Å². The van der Waals surface area contributed by atoms with E-state index in [-0.39, 0.29) is 5.56 Å². The lowest BCUT2D eigenvalue weighted by Gasteiger charge is -2.31. The summed E-state index contributed by atoms with van der Waals surface area (Å²) in [6, 6.07) is 15.0. The summed E-state index contributed by atoms with van der Waals surface area (Å²) in [4.78, 5) is 11.7. The van der Waals surface area contributed by atoms with Gasteiger partial charge in [-0.3, -0.25) is 4.79 Å². The van der Waals surface area contributed by atoms with Crippen molar-refractivity contribution < 1.29 is 27.8 Å². The lowest BCUT2D eigenvalue weighted by Crippen LogP contribution is -2.51. The van der Waals surface area contributed by atoms with E-state index in [1.807, 2.05) is 0 Å². The molecule has 1 atom stereocenters. The largest absolute Gasteiger partial charge is 0.484 e. The molecule has 0 aliphatic carbocycles. The molecule has 2 N–H and O–H groups in total. The Kier molecular flexibility index (Phi) is 5.46. The number of carbonyl (C=O) groups excluding carboxylic acids is 1. The number of amides is 1. The number of rotatable bonds is 6. The minimum absolute atomic E-state index is 0.346. The lowest BCUT2D eigenvalue weighted by atomic mass is 9.93. The van der Waals surface area contributed by atoms with Gasteiger partial charge in [0, 0.05) is 0 Å². The second-order valence-electron chi connectivity index (χ2n) is 5.10. The van der Waals surface area contributed by atoms with Gasteiger partial charge in [-0.1, -0.05) is 48.5 Å². The van der Waals surface area contributed by atoms with Gasteiger partial charge in [-0.05, 0) is 17.7 Å². The van der Waals surface area contributed by atoms with E-state index in [2.05, 4.69) is 5.32 Å². The Bertz CT molecular complexity index is 662. The van der Waals surface area contributed by atoms with Crippen LogP contribution in [-0.4, -0.2) is 30.3 Å². The maximum atomic E-state index is 13.3. The molecular weight excluding hydrogens is 323 g/mol. The normalized spacial score (nSPS) is 13.8. The first-order valence-electron chi connectivity index (χ1n) is 7.12. The Hall–Kier alpha value is -2.54. The van der Waals surface area contributed by atoms with Crippen molar-refractivity contribution in [3.05, 3.63) is 66.2 Å². The Morgan fingerprint density at radius 2 is 1.54 bits per heavy atom. The van der Waals surface area contributed by atoms with Crippen molar-refractivity contribution in [3.63, 3.8) is 0 Å². The molecular formula is C17H16F3NO3. The van der Waals surface area contributed by atoms with Crippen LogP contribution in [0.1, 0.15) is 5.56 Å². The van der Waals surface area contributed by atoms with E-state index >= 15 is 0 Å². The van der Waals surface area contributed by atoms with E-state index < -0.39 is 30.8 Å². The highest BCUT2D eigenvalue weighted by atomic mass is 19.4. The molecule has 1 amide bonds. The van der Waals surface area contributed by atoms with Gasteiger partial charge in [0.1, 0.15) is 5.75 Å². The first-order chi connectivity index (χ1) is 11.3. The van der Waals surface area contributed by atoms with Crippen molar-refractivity contribution in [1.82, 2.24) is 5.32 Å². The minimum atomic E-state index is -4.94. The zero-order valence-electron chi connectivity index (χ0n) is 12.6. The third-order valence-corrected chi connectivity index (χ3v) is 3.37. The van der Waals surface area contributed by atoms with Crippen molar-refractivity contribution in [3.8, 4) is 5.75 Å². The van der Waals surface area contributed by atoms with Crippen LogP contribution in [0, 0.1) is 0 Å². The van der Waals surface area contributed by atoms with E-state index in [9.17, 15) is 23.1 Å². The number of halogens is 3. The molecule has 7 heteroatoms. The van der Waals surface area contributed by atoms with Gasteiger partial charge in [-0.15, -0.1) is 0 Å². The molecule has 24 heavy (non-hydrogen) atoms. The molecule has 0 fully saturated rings. The molecule has 0 spiro atoms. The second kappa shape index (κ2) is 7.35. The predicted molar refractivity (Wildman–Crippen MR) is 81.3 cm³/mol. The molecule has 0 aliphatic heterocycles. The van der Waals surface area contributed by atoms with Crippen LogP contribution in [0.4, 0.5) is 13.2 Å². The highest BCUT2D eigenvalue weighted by Crippen LogP contribution is 2.38. The summed E-state index contributed by atoms with van der Waals surface area (Å²) in [5.74, 6) is -0.348. The Balaban J connectivity index is 1.99. The molecule has 4 nitrogen and oxygen atoms in total. The first-order valence-corrected chi connectivity index (χ1v) is 7.12. The monoisotopic (exact) mass is 339 g/mol. The fourth-order valence-corrected chi connectivity index (χ4v) is 2.02. The van der Waals surface area contributed by atoms with Crippen molar-refractivity contribution in [2.24, 2.45) is 0 Å². The molecule has 2 aromatic carbocycles. The van der Waals surface area contributed by atoms with Gasteiger partial charge in [0.25, 0.3) is 5.91 Å². The van der Waals surface area contributed by atoms with Crippen LogP contribution < -0.4 is 10.1 Å². The number of hydrogen-bond acceptors (Lipinski definition) is 3. The zero-order chi connectivity index (χ0) is 17.6.